The third-order valence-electron chi connectivity index (χ3n) is 4.77. The number of unbranched alkanes of at least 4 members (excludes halogenated alkanes) is 1. The molecule has 31 heavy (non-hydrogen) atoms. The maximum atomic E-state index is 14.2. The minimum absolute atomic E-state index is 0.217. The first-order valence-corrected chi connectivity index (χ1v) is 10.4. The molecular formula is C26H27FN2O2. The maximum Gasteiger partial charge on any atom is 0.165 e. The molecule has 3 rings (SSSR count). The summed E-state index contributed by atoms with van der Waals surface area (Å²) < 4.78 is 19.5. The van der Waals surface area contributed by atoms with Crippen molar-refractivity contribution in [1.29, 1.82) is 0 Å². The molecule has 2 aromatic carbocycles. The second kappa shape index (κ2) is 11.2. The molecule has 0 aliphatic carbocycles. The second-order valence-corrected chi connectivity index (χ2v) is 7.33. The van der Waals surface area contributed by atoms with Gasteiger partial charge >= 0.3 is 0 Å². The fraction of sp³-hybridized carbons (Fsp3) is 0.231. The molecule has 160 valence electrons. The van der Waals surface area contributed by atoms with Gasteiger partial charge in [-0.15, -0.1) is 0 Å². The Kier molecular flexibility index (Phi) is 8.07. The number of aromatic nitrogens is 2. The zero-order valence-corrected chi connectivity index (χ0v) is 17.7. The highest BCUT2D eigenvalue weighted by Gasteiger charge is 2.07. The molecule has 0 spiro atoms. The molecule has 0 saturated carbocycles. The second-order valence-electron chi connectivity index (χ2n) is 7.33. The quantitative estimate of drug-likeness (QED) is 0.320. The number of hydrogen-bond donors (Lipinski definition) is 1. The predicted octanol–water partition coefficient (Wildman–Crippen LogP) is 6.08. The van der Waals surface area contributed by atoms with Gasteiger partial charge in [0.2, 0.25) is 0 Å². The number of aliphatic hydroxyl groups excluding tert-OH is 1. The highest BCUT2D eigenvalue weighted by atomic mass is 19.1. The molecule has 3 aromatic rings. The lowest BCUT2D eigenvalue weighted by molar-refractivity contribution is 0.182. The Hall–Kier alpha value is -3.31. The number of benzene rings is 2. The highest BCUT2D eigenvalue weighted by molar-refractivity contribution is 5.70. The first kappa shape index (κ1) is 22.4. The summed E-state index contributed by atoms with van der Waals surface area (Å²) in [7, 11) is 0. The van der Waals surface area contributed by atoms with E-state index in [4.69, 9.17) is 4.74 Å². The molecule has 1 atom stereocenters. The van der Waals surface area contributed by atoms with E-state index in [1.807, 2.05) is 42.5 Å². The minimum atomic E-state index is -0.397. The summed E-state index contributed by atoms with van der Waals surface area (Å²) in [5.74, 6) is 0.479. The SMILES string of the molecule is C=CCOc1ccc(-c2ccc(-c3cnc(C=CCCCC(C)O)nc3)cc2)cc1F. The first-order valence-electron chi connectivity index (χ1n) is 10.4. The van der Waals surface area contributed by atoms with E-state index in [-0.39, 0.29) is 18.5 Å². The molecule has 4 nitrogen and oxygen atoms in total. The van der Waals surface area contributed by atoms with Gasteiger partial charge in [0.05, 0.1) is 6.10 Å². The molecule has 0 fully saturated rings. The van der Waals surface area contributed by atoms with Gasteiger partial charge in [-0.3, -0.25) is 0 Å². The van der Waals surface area contributed by atoms with Crippen LogP contribution in [0.3, 0.4) is 0 Å². The predicted molar refractivity (Wildman–Crippen MR) is 123 cm³/mol. The van der Waals surface area contributed by atoms with E-state index in [0.717, 1.165) is 41.5 Å². The summed E-state index contributed by atoms with van der Waals surface area (Å²) in [5, 5.41) is 9.27. The summed E-state index contributed by atoms with van der Waals surface area (Å²) in [6.45, 7) is 5.63. The number of rotatable bonds is 10. The van der Waals surface area contributed by atoms with Crippen LogP contribution in [0.5, 0.6) is 5.75 Å². The molecule has 0 radical (unpaired) electrons. The van der Waals surface area contributed by atoms with Crippen LogP contribution >= 0.6 is 0 Å². The van der Waals surface area contributed by atoms with E-state index in [1.165, 1.54) is 6.07 Å². The van der Waals surface area contributed by atoms with Gasteiger partial charge < -0.3 is 9.84 Å². The third-order valence-corrected chi connectivity index (χ3v) is 4.77. The van der Waals surface area contributed by atoms with Crippen molar-refractivity contribution in [3.63, 3.8) is 0 Å². The molecular weight excluding hydrogens is 391 g/mol. The van der Waals surface area contributed by atoms with Crippen LogP contribution in [0.25, 0.3) is 28.3 Å². The van der Waals surface area contributed by atoms with Crippen LogP contribution < -0.4 is 4.74 Å². The number of ether oxygens (including phenoxy) is 1. The largest absolute Gasteiger partial charge is 0.486 e. The average Bonchev–Trinajstić information content (AvgIpc) is 2.78. The lowest BCUT2D eigenvalue weighted by atomic mass is 10.0. The fourth-order valence-electron chi connectivity index (χ4n) is 3.09. The number of halogens is 1. The molecule has 0 aliphatic rings. The Labute approximate surface area is 182 Å². The topological polar surface area (TPSA) is 55.2 Å². The number of aliphatic hydroxyl groups is 1. The van der Waals surface area contributed by atoms with E-state index in [0.29, 0.717) is 5.82 Å². The molecule has 1 heterocycles. The van der Waals surface area contributed by atoms with Crippen LogP contribution in [0.2, 0.25) is 0 Å². The summed E-state index contributed by atoms with van der Waals surface area (Å²) in [5.41, 5.74) is 3.60. The summed E-state index contributed by atoms with van der Waals surface area (Å²) in [4.78, 5) is 8.79. The van der Waals surface area contributed by atoms with Crippen molar-refractivity contribution >= 4 is 6.08 Å². The Balaban J connectivity index is 1.64. The molecule has 0 aliphatic heterocycles. The van der Waals surface area contributed by atoms with Crippen LogP contribution in [0.4, 0.5) is 4.39 Å². The van der Waals surface area contributed by atoms with Crippen LogP contribution in [0.1, 0.15) is 32.0 Å². The monoisotopic (exact) mass is 418 g/mol. The standard InChI is InChI=1S/C26H27FN2O2/c1-3-15-31-25-14-13-22(16-24(25)27)20-9-11-21(12-10-20)23-17-28-26(29-18-23)8-6-4-5-7-19(2)30/h3,6,8-14,16-19,30H,1,4-5,7,15H2,2H3. The van der Waals surface area contributed by atoms with Gasteiger partial charge in [-0.2, -0.15) is 0 Å². The molecule has 0 saturated heterocycles. The van der Waals surface area contributed by atoms with Crippen molar-refractivity contribution in [1.82, 2.24) is 9.97 Å². The lowest BCUT2D eigenvalue weighted by Crippen LogP contribution is -1.97. The summed E-state index contributed by atoms with van der Waals surface area (Å²) in [6.07, 6.45) is 11.5. The van der Waals surface area contributed by atoms with Gasteiger partial charge in [0.15, 0.2) is 17.4 Å². The Morgan fingerprint density at radius 1 is 1.03 bits per heavy atom. The maximum absolute atomic E-state index is 14.2. The molecule has 5 heteroatoms. The van der Waals surface area contributed by atoms with Gasteiger partial charge in [0, 0.05) is 18.0 Å². The van der Waals surface area contributed by atoms with Crippen LogP contribution in [-0.2, 0) is 0 Å². The highest BCUT2D eigenvalue weighted by Crippen LogP contribution is 2.28. The van der Waals surface area contributed by atoms with E-state index >= 15 is 0 Å². The van der Waals surface area contributed by atoms with Gasteiger partial charge in [0.1, 0.15) is 6.61 Å². The normalized spacial score (nSPS) is 12.1. The Bertz CT molecular complexity index is 1010. The van der Waals surface area contributed by atoms with Crippen molar-refractivity contribution in [2.24, 2.45) is 0 Å². The van der Waals surface area contributed by atoms with E-state index in [2.05, 4.69) is 16.5 Å². The number of allylic oxidation sites excluding steroid dienone is 1. The average molecular weight is 419 g/mol. The number of hydrogen-bond acceptors (Lipinski definition) is 4. The van der Waals surface area contributed by atoms with Gasteiger partial charge in [-0.1, -0.05) is 49.1 Å². The van der Waals surface area contributed by atoms with E-state index in [9.17, 15) is 9.50 Å². The first-order chi connectivity index (χ1) is 15.1. The van der Waals surface area contributed by atoms with Crippen LogP contribution in [0.15, 0.2) is 73.6 Å². The van der Waals surface area contributed by atoms with Crippen molar-refractivity contribution in [3.05, 3.63) is 85.2 Å². The van der Waals surface area contributed by atoms with Crippen molar-refractivity contribution < 1.29 is 14.2 Å². The van der Waals surface area contributed by atoms with Crippen LogP contribution in [-0.4, -0.2) is 27.8 Å². The van der Waals surface area contributed by atoms with Crippen molar-refractivity contribution in [2.75, 3.05) is 6.61 Å². The van der Waals surface area contributed by atoms with Gasteiger partial charge in [-0.25, -0.2) is 14.4 Å². The summed E-state index contributed by atoms with van der Waals surface area (Å²) >= 11 is 0. The van der Waals surface area contributed by atoms with E-state index in [1.54, 1.807) is 31.5 Å². The fourth-order valence-corrected chi connectivity index (χ4v) is 3.09. The van der Waals surface area contributed by atoms with E-state index < -0.39 is 5.82 Å². The van der Waals surface area contributed by atoms with Crippen LogP contribution in [0, 0.1) is 5.82 Å². The minimum Gasteiger partial charge on any atom is -0.486 e. The Morgan fingerprint density at radius 3 is 2.29 bits per heavy atom. The molecule has 1 unspecified atom stereocenters. The van der Waals surface area contributed by atoms with Gasteiger partial charge in [0.25, 0.3) is 0 Å². The zero-order valence-electron chi connectivity index (χ0n) is 17.7. The molecule has 1 N–H and O–H groups in total. The zero-order chi connectivity index (χ0) is 22.1. The molecule has 1 aromatic heterocycles. The van der Waals surface area contributed by atoms with Crippen molar-refractivity contribution in [2.45, 2.75) is 32.3 Å². The molecule has 0 bridgehead atoms. The Morgan fingerprint density at radius 2 is 1.68 bits per heavy atom. The lowest BCUT2D eigenvalue weighted by Gasteiger charge is -2.08. The van der Waals surface area contributed by atoms with Crippen molar-refractivity contribution in [3.8, 4) is 28.0 Å². The number of nitrogens with zero attached hydrogens (tertiary/aromatic N) is 2. The van der Waals surface area contributed by atoms with Gasteiger partial charge in [-0.05, 0) is 61.1 Å². The summed E-state index contributed by atoms with van der Waals surface area (Å²) in [6, 6.07) is 12.8. The molecule has 0 amide bonds. The third kappa shape index (κ3) is 6.59. The smallest absolute Gasteiger partial charge is 0.165 e.